The van der Waals surface area contributed by atoms with Gasteiger partial charge >= 0.3 is 0 Å². The van der Waals surface area contributed by atoms with Crippen LogP contribution < -0.4 is 10.6 Å². The van der Waals surface area contributed by atoms with Gasteiger partial charge in [-0.15, -0.1) is 0 Å². The number of piperidine rings is 1. The molecule has 1 heterocycles. The van der Waals surface area contributed by atoms with Crippen molar-refractivity contribution in [3.8, 4) is 0 Å². The lowest BCUT2D eigenvalue weighted by Gasteiger charge is -2.29. The first-order valence-electron chi connectivity index (χ1n) is 11.4. The van der Waals surface area contributed by atoms with Crippen molar-refractivity contribution >= 4 is 52.2 Å². The van der Waals surface area contributed by atoms with Gasteiger partial charge in [-0.2, -0.15) is 0 Å². The fourth-order valence-corrected chi connectivity index (χ4v) is 4.48. The van der Waals surface area contributed by atoms with E-state index >= 15 is 0 Å². The van der Waals surface area contributed by atoms with Crippen LogP contribution in [0.25, 0.3) is 0 Å². The van der Waals surface area contributed by atoms with Crippen LogP contribution >= 0.6 is 23.2 Å². The van der Waals surface area contributed by atoms with Crippen LogP contribution in [0.15, 0.2) is 60.7 Å². The number of amidine groups is 1. The number of hydrogen-bond acceptors (Lipinski definition) is 3. The number of halogens is 2. The first-order chi connectivity index (χ1) is 16.8. The Hall–Kier alpha value is -3.35. The summed E-state index contributed by atoms with van der Waals surface area (Å²) in [4.78, 5) is 28.2. The number of aryl methyl sites for hydroxylation is 1. The second-order valence-electron chi connectivity index (χ2n) is 8.53. The smallest absolute Gasteiger partial charge is 0.257 e. The van der Waals surface area contributed by atoms with Crippen LogP contribution in [0.4, 0.5) is 11.4 Å². The molecule has 1 fully saturated rings. The summed E-state index contributed by atoms with van der Waals surface area (Å²) in [5.74, 6) is -0.281. The molecule has 6 nitrogen and oxygen atoms in total. The maximum absolute atomic E-state index is 13.1. The van der Waals surface area contributed by atoms with Crippen LogP contribution in [0.1, 0.15) is 51.1 Å². The number of carbonyl (C=O) groups is 2. The maximum Gasteiger partial charge on any atom is 0.257 e. The van der Waals surface area contributed by atoms with Crippen molar-refractivity contribution in [1.82, 2.24) is 4.90 Å². The summed E-state index contributed by atoms with van der Waals surface area (Å²) in [5.41, 5.74) is 3.07. The number of hydrogen-bond donors (Lipinski definition) is 3. The number of anilines is 2. The summed E-state index contributed by atoms with van der Waals surface area (Å²) in [5, 5.41) is 15.1. The Morgan fingerprint density at radius 1 is 0.800 bits per heavy atom. The van der Waals surface area contributed by atoms with E-state index in [0.717, 1.165) is 31.5 Å². The SMILES string of the molecule is Cc1cc(Cl)cc(C(=O)Nc2ccc(Cl)cc2)c1NC(=O)c1ccc(C(=N)N2CCCCC2)cc1. The molecule has 0 atom stereocenters. The van der Waals surface area contributed by atoms with E-state index in [0.29, 0.717) is 38.4 Å². The van der Waals surface area contributed by atoms with Crippen LogP contribution in [0.3, 0.4) is 0 Å². The molecule has 1 aliphatic rings. The fourth-order valence-electron chi connectivity index (χ4n) is 4.09. The van der Waals surface area contributed by atoms with E-state index in [4.69, 9.17) is 28.6 Å². The summed E-state index contributed by atoms with van der Waals surface area (Å²) in [7, 11) is 0. The molecule has 0 bridgehead atoms. The van der Waals surface area contributed by atoms with E-state index in [1.807, 2.05) is 0 Å². The average Bonchev–Trinajstić information content (AvgIpc) is 2.87. The number of benzene rings is 3. The third-order valence-corrected chi connectivity index (χ3v) is 6.45. The zero-order chi connectivity index (χ0) is 24.9. The monoisotopic (exact) mass is 508 g/mol. The van der Waals surface area contributed by atoms with Gasteiger partial charge in [0.15, 0.2) is 0 Å². The van der Waals surface area contributed by atoms with Gasteiger partial charge < -0.3 is 15.5 Å². The molecular formula is C27H26Cl2N4O2. The van der Waals surface area contributed by atoms with E-state index in [-0.39, 0.29) is 11.5 Å². The lowest BCUT2D eigenvalue weighted by molar-refractivity contribution is 0.102. The number of likely N-dealkylation sites (tertiary alicyclic amines) is 1. The Kier molecular flexibility index (Phi) is 7.73. The molecule has 2 amide bonds. The van der Waals surface area contributed by atoms with Crippen molar-refractivity contribution < 1.29 is 9.59 Å². The Balaban J connectivity index is 1.52. The molecule has 0 aliphatic carbocycles. The third-order valence-electron chi connectivity index (χ3n) is 5.98. The molecule has 8 heteroatoms. The molecule has 3 N–H and O–H groups in total. The molecule has 0 spiro atoms. The average molecular weight is 509 g/mol. The molecule has 1 saturated heterocycles. The van der Waals surface area contributed by atoms with Gasteiger partial charge in [0.05, 0.1) is 11.3 Å². The lowest BCUT2D eigenvalue weighted by atomic mass is 10.0. The van der Waals surface area contributed by atoms with Gasteiger partial charge in [-0.05, 0) is 80.3 Å². The van der Waals surface area contributed by atoms with Crippen LogP contribution in [-0.2, 0) is 0 Å². The minimum atomic E-state index is -0.404. The molecule has 4 rings (SSSR count). The van der Waals surface area contributed by atoms with Crippen LogP contribution in [0.5, 0.6) is 0 Å². The highest BCUT2D eigenvalue weighted by atomic mass is 35.5. The Bertz CT molecular complexity index is 1250. The van der Waals surface area contributed by atoms with Gasteiger partial charge in [-0.3, -0.25) is 15.0 Å². The molecular weight excluding hydrogens is 483 g/mol. The Morgan fingerprint density at radius 3 is 2.09 bits per heavy atom. The van der Waals surface area contributed by atoms with E-state index in [1.165, 1.54) is 12.5 Å². The molecule has 0 unspecified atom stereocenters. The summed E-state index contributed by atoms with van der Waals surface area (Å²) in [6.07, 6.45) is 3.39. The van der Waals surface area contributed by atoms with E-state index in [9.17, 15) is 9.59 Å². The standard InChI is InChI=1S/C27H26Cl2N4O2/c1-17-15-21(29)16-23(27(35)31-22-11-9-20(28)10-12-22)24(17)32-26(34)19-7-5-18(6-8-19)25(30)33-13-3-2-4-14-33/h5-12,15-16,30H,2-4,13-14H2,1H3,(H,31,35)(H,32,34). The highest BCUT2D eigenvalue weighted by molar-refractivity contribution is 6.31. The van der Waals surface area contributed by atoms with Crippen molar-refractivity contribution in [2.75, 3.05) is 23.7 Å². The minimum absolute atomic E-state index is 0.252. The van der Waals surface area contributed by atoms with Gasteiger partial charge in [-0.1, -0.05) is 35.3 Å². The van der Waals surface area contributed by atoms with Crippen molar-refractivity contribution in [3.05, 3.63) is 93.0 Å². The van der Waals surface area contributed by atoms with E-state index in [2.05, 4.69) is 15.5 Å². The van der Waals surface area contributed by atoms with Crippen molar-refractivity contribution in [2.45, 2.75) is 26.2 Å². The molecule has 0 radical (unpaired) electrons. The second kappa shape index (κ2) is 10.9. The van der Waals surface area contributed by atoms with Gasteiger partial charge in [0.1, 0.15) is 5.84 Å². The molecule has 3 aromatic carbocycles. The minimum Gasteiger partial charge on any atom is -0.357 e. The largest absolute Gasteiger partial charge is 0.357 e. The summed E-state index contributed by atoms with van der Waals surface area (Å²) >= 11 is 12.1. The van der Waals surface area contributed by atoms with Gasteiger partial charge in [0.2, 0.25) is 0 Å². The fraction of sp³-hybridized carbons (Fsp3) is 0.222. The van der Waals surface area contributed by atoms with E-state index < -0.39 is 5.91 Å². The van der Waals surface area contributed by atoms with Crippen LogP contribution in [0, 0.1) is 12.3 Å². The number of carbonyl (C=O) groups excluding carboxylic acids is 2. The number of rotatable bonds is 5. The molecule has 0 aromatic heterocycles. The zero-order valence-electron chi connectivity index (χ0n) is 19.3. The van der Waals surface area contributed by atoms with Crippen molar-refractivity contribution in [2.24, 2.45) is 0 Å². The van der Waals surface area contributed by atoms with Gasteiger partial charge in [0.25, 0.3) is 11.8 Å². The number of nitrogens with zero attached hydrogens (tertiary/aromatic N) is 1. The predicted octanol–water partition coefficient (Wildman–Crippen LogP) is 6.62. The second-order valence-corrected chi connectivity index (χ2v) is 9.41. The van der Waals surface area contributed by atoms with Crippen molar-refractivity contribution in [1.29, 1.82) is 5.41 Å². The highest BCUT2D eigenvalue weighted by Crippen LogP contribution is 2.27. The predicted molar refractivity (Wildman–Crippen MR) is 142 cm³/mol. The first-order valence-corrected chi connectivity index (χ1v) is 12.2. The van der Waals surface area contributed by atoms with Crippen molar-refractivity contribution in [3.63, 3.8) is 0 Å². The van der Waals surface area contributed by atoms with E-state index in [1.54, 1.807) is 61.5 Å². The highest BCUT2D eigenvalue weighted by Gasteiger charge is 2.19. The molecule has 35 heavy (non-hydrogen) atoms. The van der Waals surface area contributed by atoms with Crippen LogP contribution in [0.2, 0.25) is 10.0 Å². The van der Waals surface area contributed by atoms with Gasteiger partial charge in [0, 0.05) is 39.9 Å². The topological polar surface area (TPSA) is 85.3 Å². The normalized spacial score (nSPS) is 13.3. The first kappa shape index (κ1) is 24.8. The summed E-state index contributed by atoms with van der Waals surface area (Å²) in [6.45, 7) is 3.55. The Morgan fingerprint density at radius 2 is 1.43 bits per heavy atom. The quantitative estimate of drug-likeness (QED) is 0.267. The third kappa shape index (κ3) is 6.02. The molecule has 3 aromatic rings. The molecule has 180 valence electrons. The van der Waals surface area contributed by atoms with Gasteiger partial charge in [-0.25, -0.2) is 0 Å². The summed E-state index contributed by atoms with van der Waals surface area (Å²) < 4.78 is 0. The lowest BCUT2D eigenvalue weighted by Crippen LogP contribution is -2.35. The summed E-state index contributed by atoms with van der Waals surface area (Å²) in [6, 6.07) is 16.9. The number of nitrogens with one attached hydrogen (secondary N) is 3. The van der Waals surface area contributed by atoms with Crippen LogP contribution in [-0.4, -0.2) is 35.6 Å². The zero-order valence-corrected chi connectivity index (χ0v) is 20.8. The number of amides is 2. The maximum atomic E-state index is 13.1. The Labute approximate surface area is 214 Å². The molecule has 1 aliphatic heterocycles. The molecule has 0 saturated carbocycles.